The van der Waals surface area contributed by atoms with Gasteiger partial charge in [-0.25, -0.2) is 14.5 Å². The number of benzene rings is 2. The predicted molar refractivity (Wildman–Crippen MR) is 119 cm³/mol. The van der Waals surface area contributed by atoms with E-state index in [1.54, 1.807) is 23.0 Å². The Balaban J connectivity index is 1.86. The number of methoxy groups -OCH3 is 1. The number of carbonyl (C=O) groups excluding carboxylic acids is 2. The second-order valence-corrected chi connectivity index (χ2v) is 9.22. The molecule has 3 amide bonds. The predicted octanol–water partition coefficient (Wildman–Crippen LogP) is 4.41. The van der Waals surface area contributed by atoms with Gasteiger partial charge in [-0.1, -0.05) is 45.0 Å². The zero-order chi connectivity index (χ0) is 22.9. The summed E-state index contributed by atoms with van der Waals surface area (Å²) in [5.41, 5.74) is -1.31. The highest BCUT2D eigenvalue weighted by atomic mass is 16.6. The van der Waals surface area contributed by atoms with Crippen LogP contribution in [0.2, 0.25) is 0 Å². The lowest BCUT2D eigenvalue weighted by Gasteiger charge is -2.49. The first-order valence-electron chi connectivity index (χ1n) is 10.7. The van der Waals surface area contributed by atoms with Crippen LogP contribution >= 0.6 is 0 Å². The fraction of sp³-hybridized carbons (Fsp3) is 0.417. The molecular formula is C24H27N3O5. The van der Waals surface area contributed by atoms with E-state index in [2.05, 4.69) is 5.32 Å². The monoisotopic (exact) mass is 437 g/mol. The van der Waals surface area contributed by atoms with E-state index in [0.717, 1.165) is 5.56 Å². The first-order valence-corrected chi connectivity index (χ1v) is 10.7. The normalized spacial score (nSPS) is 28.2. The smallest absolute Gasteiger partial charge is 0.411 e. The third kappa shape index (κ3) is 2.25. The van der Waals surface area contributed by atoms with Gasteiger partial charge in [0.25, 0.3) is 0 Å². The number of alkyl carbamates (subject to hydrolysis) is 1. The molecule has 1 spiro atoms. The van der Waals surface area contributed by atoms with Crippen molar-refractivity contribution >= 4 is 23.5 Å². The van der Waals surface area contributed by atoms with Crippen molar-refractivity contribution in [3.63, 3.8) is 0 Å². The molecule has 2 saturated heterocycles. The summed E-state index contributed by atoms with van der Waals surface area (Å²) >= 11 is 0. The van der Waals surface area contributed by atoms with Gasteiger partial charge in [-0.15, -0.1) is 0 Å². The number of fused-ring (bicyclic) bond motifs is 2. The number of para-hydroxylation sites is 1. The van der Waals surface area contributed by atoms with Crippen LogP contribution in [0.4, 0.5) is 21.0 Å². The molecule has 3 aliphatic rings. The average Bonchev–Trinajstić information content (AvgIpc) is 3.28. The van der Waals surface area contributed by atoms with Crippen molar-refractivity contribution < 1.29 is 23.8 Å². The molecule has 2 aromatic carbocycles. The molecule has 0 aliphatic carbocycles. The fourth-order valence-electron chi connectivity index (χ4n) is 5.54. The minimum atomic E-state index is -1.39. The number of nitrogens with zero attached hydrogens (tertiary/aromatic N) is 2. The van der Waals surface area contributed by atoms with Gasteiger partial charge >= 0.3 is 12.1 Å². The zero-order valence-corrected chi connectivity index (χ0v) is 18.8. The van der Waals surface area contributed by atoms with Gasteiger partial charge in [0, 0.05) is 29.3 Å². The number of rotatable bonds is 4. The summed E-state index contributed by atoms with van der Waals surface area (Å²) in [4.78, 5) is 30.4. The van der Waals surface area contributed by atoms with E-state index in [-0.39, 0.29) is 6.03 Å². The third-order valence-corrected chi connectivity index (χ3v) is 6.60. The Hall–Kier alpha value is -3.26. The second kappa shape index (κ2) is 6.62. The molecule has 3 atom stereocenters. The summed E-state index contributed by atoms with van der Waals surface area (Å²) < 4.78 is 17.9. The summed E-state index contributed by atoms with van der Waals surface area (Å²) in [6.07, 6.45) is -1.24. The minimum absolute atomic E-state index is 0.303. The van der Waals surface area contributed by atoms with Crippen molar-refractivity contribution in [1.29, 1.82) is 0 Å². The molecule has 5 rings (SSSR count). The topological polar surface area (TPSA) is 80.3 Å². The van der Waals surface area contributed by atoms with Crippen LogP contribution in [0.1, 0.15) is 39.4 Å². The molecular weight excluding hydrogens is 410 g/mol. The third-order valence-electron chi connectivity index (χ3n) is 6.60. The van der Waals surface area contributed by atoms with Crippen LogP contribution in [0.3, 0.4) is 0 Å². The molecule has 1 N–H and O–H groups in total. The molecule has 0 radical (unpaired) electrons. The Morgan fingerprint density at radius 1 is 1.09 bits per heavy atom. The maximum atomic E-state index is 14.2. The molecule has 8 nitrogen and oxygen atoms in total. The highest BCUT2D eigenvalue weighted by molar-refractivity contribution is 6.13. The van der Waals surface area contributed by atoms with Crippen LogP contribution in [0, 0.1) is 5.41 Å². The molecule has 2 fully saturated rings. The highest BCUT2D eigenvalue weighted by Crippen LogP contribution is 2.65. The lowest BCUT2D eigenvalue weighted by molar-refractivity contribution is -0.113. The van der Waals surface area contributed by atoms with Crippen LogP contribution in [0.5, 0.6) is 5.75 Å². The average molecular weight is 437 g/mol. The van der Waals surface area contributed by atoms with Crippen molar-refractivity contribution in [2.45, 2.75) is 45.2 Å². The van der Waals surface area contributed by atoms with Crippen molar-refractivity contribution in [2.24, 2.45) is 5.41 Å². The molecule has 168 valence electrons. The molecule has 3 heterocycles. The van der Waals surface area contributed by atoms with E-state index in [4.69, 9.17) is 14.2 Å². The number of nitrogens with one attached hydrogen (secondary N) is 1. The summed E-state index contributed by atoms with van der Waals surface area (Å²) in [5.74, 6) is 0.605. The molecule has 32 heavy (non-hydrogen) atoms. The molecule has 0 saturated carbocycles. The first-order chi connectivity index (χ1) is 15.2. The fourth-order valence-corrected chi connectivity index (χ4v) is 5.54. The van der Waals surface area contributed by atoms with Gasteiger partial charge < -0.3 is 14.2 Å². The van der Waals surface area contributed by atoms with Gasteiger partial charge in [0.15, 0.2) is 0 Å². The Labute approximate surface area is 187 Å². The number of hydrogen-bond acceptors (Lipinski definition) is 5. The largest absolute Gasteiger partial charge is 0.497 e. The Kier molecular flexibility index (Phi) is 4.27. The Morgan fingerprint density at radius 3 is 2.44 bits per heavy atom. The maximum Gasteiger partial charge on any atom is 0.411 e. The number of carbonyl (C=O) groups is 2. The van der Waals surface area contributed by atoms with Crippen molar-refractivity contribution in [1.82, 2.24) is 5.32 Å². The van der Waals surface area contributed by atoms with E-state index in [0.29, 0.717) is 23.7 Å². The second-order valence-electron chi connectivity index (χ2n) is 9.22. The van der Waals surface area contributed by atoms with Gasteiger partial charge in [0.2, 0.25) is 11.4 Å². The van der Waals surface area contributed by atoms with E-state index in [1.165, 1.54) is 0 Å². The number of amides is 3. The Morgan fingerprint density at radius 2 is 1.81 bits per heavy atom. The maximum absolute atomic E-state index is 14.2. The SMILES string of the molecule is CCOC1c2ccc(OC)cc2N2C(=O)N(c3ccccc3)C3(C(C)(C)C)OC(=O)NC123. The molecule has 8 heteroatoms. The van der Waals surface area contributed by atoms with E-state index < -0.39 is 29.0 Å². The molecule has 0 bridgehead atoms. The zero-order valence-electron chi connectivity index (χ0n) is 18.8. The summed E-state index contributed by atoms with van der Waals surface area (Å²) in [6, 6.07) is 14.5. The van der Waals surface area contributed by atoms with E-state index in [1.807, 2.05) is 70.2 Å². The van der Waals surface area contributed by atoms with Crippen molar-refractivity contribution in [2.75, 3.05) is 23.5 Å². The standard InChI is InChI=1S/C24H27N3O5/c1-6-31-19-17-13-12-16(30-5)14-18(17)27-21(29)26(15-10-8-7-9-11-15)24(22(2,3)4)23(19,27)25-20(28)32-24/h7-14,19H,6H2,1-5H3,(H,25,28). The van der Waals surface area contributed by atoms with Crippen molar-refractivity contribution in [3.8, 4) is 5.75 Å². The number of urea groups is 1. The van der Waals surface area contributed by atoms with Crippen LogP contribution < -0.4 is 19.9 Å². The molecule has 2 aromatic rings. The van der Waals surface area contributed by atoms with Gasteiger partial charge in [0.1, 0.15) is 11.9 Å². The van der Waals surface area contributed by atoms with Gasteiger partial charge in [-0.3, -0.25) is 10.2 Å². The van der Waals surface area contributed by atoms with E-state index in [9.17, 15) is 9.59 Å². The molecule has 3 unspecified atom stereocenters. The quantitative estimate of drug-likeness (QED) is 0.766. The number of anilines is 2. The van der Waals surface area contributed by atoms with Crippen molar-refractivity contribution in [3.05, 3.63) is 54.1 Å². The van der Waals surface area contributed by atoms with Crippen LogP contribution in [-0.4, -0.2) is 37.2 Å². The number of ether oxygens (including phenoxy) is 3. The molecule has 0 aromatic heterocycles. The lowest BCUT2D eigenvalue weighted by Crippen LogP contribution is -2.71. The molecule has 3 aliphatic heterocycles. The van der Waals surface area contributed by atoms with Crippen LogP contribution in [0.25, 0.3) is 0 Å². The van der Waals surface area contributed by atoms with Crippen LogP contribution in [-0.2, 0) is 9.47 Å². The Bertz CT molecular complexity index is 1100. The van der Waals surface area contributed by atoms with Gasteiger partial charge in [0.05, 0.1) is 12.8 Å². The summed E-state index contributed by atoms with van der Waals surface area (Å²) in [7, 11) is 1.58. The first kappa shape index (κ1) is 20.6. The van der Waals surface area contributed by atoms with Gasteiger partial charge in [-0.05, 0) is 25.1 Å². The lowest BCUT2D eigenvalue weighted by atomic mass is 9.72. The number of hydrogen-bond donors (Lipinski definition) is 1. The minimum Gasteiger partial charge on any atom is -0.497 e. The highest BCUT2D eigenvalue weighted by Gasteiger charge is 2.84. The van der Waals surface area contributed by atoms with Crippen LogP contribution in [0.15, 0.2) is 48.5 Å². The van der Waals surface area contributed by atoms with E-state index >= 15 is 0 Å². The summed E-state index contributed by atoms with van der Waals surface area (Å²) in [5, 5.41) is 3.02. The van der Waals surface area contributed by atoms with Gasteiger partial charge in [-0.2, -0.15) is 0 Å². The summed E-state index contributed by atoms with van der Waals surface area (Å²) in [6.45, 7) is 8.18.